The van der Waals surface area contributed by atoms with Gasteiger partial charge in [0.25, 0.3) is 0 Å². The molecule has 1 heterocycles. The number of halogens is 1. The topological polar surface area (TPSA) is 60.4 Å². The molecule has 6 heteroatoms. The molecular weight excluding hydrogens is 271 g/mol. The Balaban J connectivity index is 1.80. The molecule has 1 aromatic rings. The Kier molecular flexibility index (Phi) is 4.19. The van der Waals surface area contributed by atoms with Crippen LogP contribution in [0.2, 0.25) is 0 Å². The molecule has 1 fully saturated rings. The first-order chi connectivity index (χ1) is 8.98. The minimum Gasteiger partial charge on any atom is -0.465 e. The fourth-order valence-electron chi connectivity index (χ4n) is 2.06. The fourth-order valence-corrected chi connectivity index (χ4v) is 3.79. The van der Waals surface area contributed by atoms with Crippen LogP contribution in [0.25, 0.3) is 0 Å². The van der Waals surface area contributed by atoms with E-state index in [0.717, 1.165) is 0 Å². The van der Waals surface area contributed by atoms with E-state index in [0.29, 0.717) is 12.0 Å². The first kappa shape index (κ1) is 14.0. The molecular formula is C13H15FO4S. The summed E-state index contributed by atoms with van der Waals surface area (Å²) in [5.74, 6) is -1.49. The Bertz CT molecular complexity index is 568. The number of esters is 1. The van der Waals surface area contributed by atoms with Gasteiger partial charge in [-0.05, 0) is 18.1 Å². The normalized spacial score (nSPS) is 21.2. The van der Waals surface area contributed by atoms with Crippen molar-refractivity contribution in [3.63, 3.8) is 0 Å². The van der Waals surface area contributed by atoms with E-state index in [1.807, 2.05) is 0 Å². The molecule has 19 heavy (non-hydrogen) atoms. The van der Waals surface area contributed by atoms with Crippen LogP contribution in [-0.4, -0.2) is 32.5 Å². The molecule has 1 aliphatic rings. The molecule has 0 amide bonds. The van der Waals surface area contributed by atoms with E-state index < -0.39 is 21.7 Å². The molecule has 0 aliphatic carbocycles. The van der Waals surface area contributed by atoms with Gasteiger partial charge in [0.2, 0.25) is 0 Å². The number of carbonyl (C=O) groups is 1. The summed E-state index contributed by atoms with van der Waals surface area (Å²) in [6.07, 6.45) is 0.610. The van der Waals surface area contributed by atoms with Gasteiger partial charge in [0, 0.05) is 6.42 Å². The summed E-state index contributed by atoms with van der Waals surface area (Å²) in [7, 11) is -3.09. The second kappa shape index (κ2) is 5.69. The molecule has 0 unspecified atom stereocenters. The molecule has 0 N–H and O–H groups in total. The van der Waals surface area contributed by atoms with Gasteiger partial charge >= 0.3 is 5.97 Å². The summed E-state index contributed by atoms with van der Waals surface area (Å²) in [5.41, 5.74) is 0.481. The van der Waals surface area contributed by atoms with Gasteiger partial charge in [0.15, 0.2) is 9.84 Å². The number of carbonyl (C=O) groups excluding carboxylic acids is 1. The number of benzene rings is 1. The summed E-state index contributed by atoms with van der Waals surface area (Å²) in [6.45, 7) is 0.0658. The minimum absolute atomic E-state index is 0.0417. The lowest BCUT2D eigenvalue weighted by Crippen LogP contribution is -2.20. The van der Waals surface area contributed by atoms with Crippen molar-refractivity contribution in [3.8, 4) is 0 Å². The van der Waals surface area contributed by atoms with Crippen molar-refractivity contribution < 1.29 is 22.3 Å². The van der Waals surface area contributed by atoms with Gasteiger partial charge in [0.05, 0.1) is 24.0 Å². The molecule has 104 valence electrons. The highest BCUT2D eigenvalue weighted by Gasteiger charge is 2.33. The third-order valence-corrected chi connectivity index (χ3v) is 4.91. The van der Waals surface area contributed by atoms with E-state index >= 15 is 0 Å². The van der Waals surface area contributed by atoms with Crippen LogP contribution in [-0.2, 0) is 25.8 Å². The molecule has 1 saturated heterocycles. The van der Waals surface area contributed by atoms with Crippen LogP contribution < -0.4 is 0 Å². The van der Waals surface area contributed by atoms with Gasteiger partial charge in [-0.2, -0.15) is 0 Å². The lowest BCUT2D eigenvalue weighted by atomic mass is 10.1. The van der Waals surface area contributed by atoms with Crippen LogP contribution >= 0.6 is 0 Å². The summed E-state index contributed by atoms with van der Waals surface area (Å²) >= 11 is 0. The Morgan fingerprint density at radius 1 is 1.37 bits per heavy atom. The highest BCUT2D eigenvalue weighted by molar-refractivity contribution is 7.91. The predicted octanol–water partition coefficient (Wildman–Crippen LogP) is 1.35. The summed E-state index contributed by atoms with van der Waals surface area (Å²) in [5, 5.41) is 0. The maximum Gasteiger partial charge on any atom is 0.310 e. The van der Waals surface area contributed by atoms with E-state index in [9.17, 15) is 17.6 Å². The highest BCUT2D eigenvalue weighted by atomic mass is 32.2. The molecule has 2 rings (SSSR count). The smallest absolute Gasteiger partial charge is 0.310 e. The van der Waals surface area contributed by atoms with Crippen LogP contribution in [0.3, 0.4) is 0 Å². The van der Waals surface area contributed by atoms with Crippen LogP contribution in [0.5, 0.6) is 0 Å². The number of rotatable bonds is 4. The lowest BCUT2D eigenvalue weighted by molar-refractivity contribution is -0.147. The molecule has 4 nitrogen and oxygen atoms in total. The Labute approximate surface area is 111 Å². The Morgan fingerprint density at radius 2 is 2.11 bits per heavy atom. The first-order valence-corrected chi connectivity index (χ1v) is 7.90. The number of hydrogen-bond acceptors (Lipinski definition) is 4. The maximum atomic E-state index is 13.3. The maximum absolute atomic E-state index is 13.3. The standard InChI is InChI=1S/C13H15FO4S/c14-12-4-2-1-3-10(12)5-7-18-13(15)11-6-8-19(16,17)9-11/h1-4,11H,5-9H2/t11-/m1/s1. The third kappa shape index (κ3) is 3.76. The van der Waals surface area contributed by atoms with E-state index in [1.165, 1.54) is 6.07 Å². The average molecular weight is 286 g/mol. The SMILES string of the molecule is O=C(OCCc1ccccc1F)[C@@H]1CCS(=O)(=O)C1. The molecule has 0 saturated carbocycles. The second-order valence-electron chi connectivity index (χ2n) is 4.61. The van der Waals surface area contributed by atoms with E-state index in [2.05, 4.69) is 0 Å². The average Bonchev–Trinajstić information content (AvgIpc) is 2.72. The Hall–Kier alpha value is -1.43. The van der Waals surface area contributed by atoms with Gasteiger partial charge in [-0.25, -0.2) is 12.8 Å². The van der Waals surface area contributed by atoms with Crippen molar-refractivity contribution in [3.05, 3.63) is 35.6 Å². The zero-order chi connectivity index (χ0) is 13.9. The molecule has 0 aromatic heterocycles. The third-order valence-electron chi connectivity index (χ3n) is 3.14. The van der Waals surface area contributed by atoms with Crippen molar-refractivity contribution in [1.29, 1.82) is 0 Å². The van der Waals surface area contributed by atoms with Crippen molar-refractivity contribution in [1.82, 2.24) is 0 Å². The van der Waals surface area contributed by atoms with Crippen LogP contribution in [0.4, 0.5) is 4.39 Å². The molecule has 0 spiro atoms. The number of ether oxygens (including phenoxy) is 1. The zero-order valence-corrected chi connectivity index (χ0v) is 11.2. The van der Waals surface area contributed by atoms with Crippen molar-refractivity contribution >= 4 is 15.8 Å². The van der Waals surface area contributed by atoms with Crippen LogP contribution in [0, 0.1) is 11.7 Å². The molecule has 1 aliphatic heterocycles. The van der Waals surface area contributed by atoms with E-state index in [-0.39, 0.29) is 30.4 Å². The minimum atomic E-state index is -3.09. The van der Waals surface area contributed by atoms with Gasteiger partial charge in [-0.3, -0.25) is 4.79 Å². The zero-order valence-electron chi connectivity index (χ0n) is 10.3. The van der Waals surface area contributed by atoms with Gasteiger partial charge in [-0.1, -0.05) is 18.2 Å². The first-order valence-electron chi connectivity index (χ1n) is 6.08. The van der Waals surface area contributed by atoms with Gasteiger partial charge < -0.3 is 4.74 Å². The quantitative estimate of drug-likeness (QED) is 0.784. The van der Waals surface area contributed by atoms with Gasteiger partial charge in [0.1, 0.15) is 5.82 Å². The largest absolute Gasteiger partial charge is 0.465 e. The summed E-state index contributed by atoms with van der Waals surface area (Å²) in [6, 6.07) is 6.28. The van der Waals surface area contributed by atoms with Crippen LogP contribution in [0.15, 0.2) is 24.3 Å². The Morgan fingerprint density at radius 3 is 2.74 bits per heavy atom. The lowest BCUT2D eigenvalue weighted by Gasteiger charge is -2.09. The van der Waals surface area contributed by atoms with Crippen LogP contribution in [0.1, 0.15) is 12.0 Å². The van der Waals surface area contributed by atoms with Crippen molar-refractivity contribution in [2.45, 2.75) is 12.8 Å². The second-order valence-corrected chi connectivity index (χ2v) is 6.84. The van der Waals surface area contributed by atoms with Gasteiger partial charge in [-0.15, -0.1) is 0 Å². The molecule has 1 aromatic carbocycles. The van der Waals surface area contributed by atoms with Crippen molar-refractivity contribution in [2.24, 2.45) is 5.92 Å². The van der Waals surface area contributed by atoms with Crippen molar-refractivity contribution in [2.75, 3.05) is 18.1 Å². The molecule has 0 radical (unpaired) electrons. The monoisotopic (exact) mass is 286 g/mol. The van der Waals surface area contributed by atoms with E-state index in [1.54, 1.807) is 18.2 Å². The number of sulfone groups is 1. The summed E-state index contributed by atoms with van der Waals surface area (Å²) < 4.78 is 40.8. The summed E-state index contributed by atoms with van der Waals surface area (Å²) in [4.78, 5) is 11.6. The number of hydrogen-bond donors (Lipinski definition) is 0. The molecule has 0 bridgehead atoms. The molecule has 1 atom stereocenters. The highest BCUT2D eigenvalue weighted by Crippen LogP contribution is 2.19. The predicted molar refractivity (Wildman–Crippen MR) is 67.8 cm³/mol. The fraction of sp³-hybridized carbons (Fsp3) is 0.462. The van der Waals surface area contributed by atoms with E-state index in [4.69, 9.17) is 4.74 Å².